The van der Waals surface area contributed by atoms with Crippen molar-refractivity contribution >= 4 is 23.0 Å². The van der Waals surface area contributed by atoms with E-state index in [1.807, 2.05) is 19.2 Å². The van der Waals surface area contributed by atoms with Crippen molar-refractivity contribution in [2.24, 2.45) is 17.4 Å². The zero-order valence-corrected chi connectivity index (χ0v) is 19.1. The first kappa shape index (κ1) is 22.7. The van der Waals surface area contributed by atoms with Gasteiger partial charge in [-0.25, -0.2) is 9.50 Å². The van der Waals surface area contributed by atoms with Crippen LogP contribution in [0.1, 0.15) is 55.5 Å². The van der Waals surface area contributed by atoms with Gasteiger partial charge in [-0.15, -0.1) is 0 Å². The highest BCUT2D eigenvalue weighted by molar-refractivity contribution is 6.03. The zero-order chi connectivity index (χ0) is 23.9. The highest BCUT2D eigenvalue weighted by Gasteiger charge is 2.33. The molecule has 1 aliphatic rings. The van der Waals surface area contributed by atoms with Gasteiger partial charge in [0.2, 0.25) is 11.9 Å². The van der Waals surface area contributed by atoms with Crippen molar-refractivity contribution in [2.75, 3.05) is 4.90 Å². The van der Waals surface area contributed by atoms with E-state index in [2.05, 4.69) is 28.8 Å². The Morgan fingerprint density at radius 3 is 2.42 bits per heavy atom. The van der Waals surface area contributed by atoms with Crippen molar-refractivity contribution in [3.05, 3.63) is 47.8 Å². The molecule has 3 aromatic rings. The summed E-state index contributed by atoms with van der Waals surface area (Å²) in [5, 5.41) is 4.41. The van der Waals surface area contributed by atoms with Gasteiger partial charge in [0.05, 0.1) is 23.0 Å². The molecule has 0 atom stereocenters. The molecule has 1 aliphatic carbocycles. The van der Waals surface area contributed by atoms with Crippen molar-refractivity contribution in [3.63, 3.8) is 0 Å². The van der Waals surface area contributed by atoms with Gasteiger partial charge in [0, 0.05) is 41.5 Å². The van der Waals surface area contributed by atoms with Gasteiger partial charge in [-0.2, -0.15) is 9.49 Å². The topological polar surface area (TPSA) is 120 Å². The summed E-state index contributed by atoms with van der Waals surface area (Å²) in [5.74, 6) is -1.46. The van der Waals surface area contributed by atoms with Crippen molar-refractivity contribution < 1.29 is 14.0 Å². The number of hydrogen-bond donors (Lipinski definition) is 2. The first-order valence-electron chi connectivity index (χ1n) is 11.2. The molecule has 8 nitrogen and oxygen atoms in total. The largest absolute Gasteiger partial charge is 0.369 e. The lowest BCUT2D eigenvalue weighted by molar-refractivity contribution is -0.122. The second-order valence-corrected chi connectivity index (χ2v) is 9.06. The predicted molar refractivity (Wildman–Crippen MR) is 124 cm³/mol. The van der Waals surface area contributed by atoms with Crippen LogP contribution in [0.15, 0.2) is 30.7 Å². The van der Waals surface area contributed by atoms with Crippen LogP contribution in [0.3, 0.4) is 0 Å². The van der Waals surface area contributed by atoms with Gasteiger partial charge in [0.25, 0.3) is 5.91 Å². The summed E-state index contributed by atoms with van der Waals surface area (Å²) in [6, 6.07) is 3.51. The van der Waals surface area contributed by atoms with E-state index in [-0.39, 0.29) is 23.9 Å². The lowest BCUT2D eigenvalue weighted by atomic mass is 9.84. The Hall–Kier alpha value is -3.49. The average Bonchev–Trinajstić information content (AvgIpc) is 3.18. The van der Waals surface area contributed by atoms with Gasteiger partial charge >= 0.3 is 0 Å². The van der Waals surface area contributed by atoms with Crippen LogP contribution in [0.25, 0.3) is 16.6 Å². The minimum Gasteiger partial charge on any atom is -0.369 e. The molecule has 3 aromatic heterocycles. The van der Waals surface area contributed by atoms with Gasteiger partial charge < -0.3 is 16.4 Å². The minimum atomic E-state index is -0.557. The number of fused-ring (bicyclic) bond motifs is 1. The summed E-state index contributed by atoms with van der Waals surface area (Å²) < 4.78 is 15.2. The lowest BCUT2D eigenvalue weighted by Crippen LogP contribution is -2.45. The number of nitrogens with two attached hydrogens (primary N) is 2. The van der Waals surface area contributed by atoms with Gasteiger partial charge in [0.15, 0.2) is 0 Å². The number of anilines is 1. The Morgan fingerprint density at radius 1 is 1.15 bits per heavy atom. The molecular formula is C24H29FN6O2. The quantitative estimate of drug-likeness (QED) is 0.557. The van der Waals surface area contributed by atoms with Crippen LogP contribution < -0.4 is 16.4 Å². The van der Waals surface area contributed by atoms with Crippen LogP contribution in [0.4, 0.5) is 10.1 Å². The number of pyridine rings is 1. The number of amides is 2. The molecule has 0 bridgehead atoms. The van der Waals surface area contributed by atoms with Crippen LogP contribution >= 0.6 is 0 Å². The molecule has 4 N–H and O–H groups in total. The minimum absolute atomic E-state index is 0.0667. The Balaban J connectivity index is 1.84. The number of hydrogen-bond acceptors (Lipinski definition) is 5. The maximum absolute atomic E-state index is 13.5. The van der Waals surface area contributed by atoms with Gasteiger partial charge in [0.1, 0.15) is 0 Å². The maximum Gasteiger partial charge on any atom is 0.252 e. The molecule has 0 aromatic carbocycles. The zero-order valence-electron chi connectivity index (χ0n) is 19.1. The number of aryl methyl sites for hydroxylation is 1. The van der Waals surface area contributed by atoms with Crippen LogP contribution in [0, 0.1) is 18.8 Å². The summed E-state index contributed by atoms with van der Waals surface area (Å²) in [4.78, 5) is 30.1. The fraction of sp³-hybridized carbons (Fsp3) is 0.417. The third kappa shape index (κ3) is 4.27. The molecule has 2 amide bonds. The summed E-state index contributed by atoms with van der Waals surface area (Å²) >= 11 is 0. The molecule has 1 saturated carbocycles. The summed E-state index contributed by atoms with van der Waals surface area (Å²) in [6.07, 6.45) is 7.83. The van der Waals surface area contributed by atoms with Crippen molar-refractivity contribution in [3.8, 4) is 11.1 Å². The molecule has 174 valence electrons. The number of carbonyl (C=O) groups excluding carboxylic acids is 2. The monoisotopic (exact) mass is 452 g/mol. The lowest BCUT2D eigenvalue weighted by Gasteiger charge is -2.41. The number of primary amides is 2. The van der Waals surface area contributed by atoms with Crippen molar-refractivity contribution in [1.29, 1.82) is 0 Å². The second kappa shape index (κ2) is 8.80. The highest BCUT2D eigenvalue weighted by atomic mass is 19.1. The number of aromatic nitrogens is 3. The Labute approximate surface area is 191 Å². The van der Waals surface area contributed by atoms with Crippen molar-refractivity contribution in [1.82, 2.24) is 14.6 Å². The van der Waals surface area contributed by atoms with Crippen molar-refractivity contribution in [2.45, 2.75) is 58.5 Å². The standard InChI is InChI=1S/C24H29FN6O2/c1-13(2)31(17-6-4-15(5-7-17)23(26)32)22-19(24(27)33)11-29-30-12-16(9-20(22)30)18-10-28-21(25)8-14(18)3/h8-13,15,17H,4-7H2,1-3H3,(H2,26,32)(H2,27,33). The first-order valence-corrected chi connectivity index (χ1v) is 11.2. The molecule has 0 aliphatic heterocycles. The van der Waals surface area contributed by atoms with Crippen LogP contribution in [-0.4, -0.2) is 38.5 Å². The molecule has 3 heterocycles. The average molecular weight is 453 g/mol. The third-order valence-corrected chi connectivity index (χ3v) is 6.57. The van der Waals surface area contributed by atoms with E-state index in [0.717, 1.165) is 35.0 Å². The molecule has 33 heavy (non-hydrogen) atoms. The van der Waals surface area contributed by atoms with E-state index in [4.69, 9.17) is 11.5 Å². The maximum atomic E-state index is 13.5. The normalized spacial score (nSPS) is 18.6. The Morgan fingerprint density at radius 2 is 1.85 bits per heavy atom. The van der Waals surface area contributed by atoms with E-state index in [1.54, 1.807) is 4.52 Å². The predicted octanol–water partition coefficient (Wildman–Crippen LogP) is 3.20. The van der Waals surface area contributed by atoms with E-state index in [1.165, 1.54) is 18.5 Å². The molecule has 0 spiro atoms. The number of rotatable bonds is 6. The number of nitrogens with zero attached hydrogens (tertiary/aromatic N) is 4. The molecule has 4 rings (SSSR count). The first-order chi connectivity index (χ1) is 15.7. The van der Waals surface area contributed by atoms with Gasteiger partial charge in [-0.1, -0.05) is 0 Å². The number of halogens is 1. The van der Waals surface area contributed by atoms with E-state index in [0.29, 0.717) is 24.1 Å². The molecule has 9 heteroatoms. The van der Waals surface area contributed by atoms with Crippen LogP contribution in [-0.2, 0) is 4.79 Å². The van der Waals surface area contributed by atoms with E-state index in [9.17, 15) is 14.0 Å². The summed E-state index contributed by atoms with van der Waals surface area (Å²) in [5.41, 5.74) is 15.4. The smallest absolute Gasteiger partial charge is 0.252 e. The molecule has 0 radical (unpaired) electrons. The molecule has 1 fully saturated rings. The van der Waals surface area contributed by atoms with Crippen LogP contribution in [0.5, 0.6) is 0 Å². The Bertz CT molecular complexity index is 1210. The highest BCUT2D eigenvalue weighted by Crippen LogP contribution is 2.37. The molecular weight excluding hydrogens is 423 g/mol. The molecule has 0 saturated heterocycles. The fourth-order valence-electron chi connectivity index (χ4n) is 4.97. The summed E-state index contributed by atoms with van der Waals surface area (Å²) in [7, 11) is 0. The van der Waals surface area contributed by atoms with E-state index >= 15 is 0 Å². The fourth-order valence-corrected chi connectivity index (χ4v) is 4.97. The van der Waals surface area contributed by atoms with Gasteiger partial charge in [-0.05, 0) is 64.2 Å². The van der Waals surface area contributed by atoms with Crippen LogP contribution in [0.2, 0.25) is 0 Å². The van der Waals surface area contributed by atoms with E-state index < -0.39 is 11.9 Å². The Kier molecular flexibility index (Phi) is 6.05. The number of carbonyl (C=O) groups is 2. The molecule has 0 unspecified atom stereocenters. The SMILES string of the molecule is Cc1cc(F)ncc1-c1cc2c(N(C(C)C)C3CCC(C(N)=O)CC3)c(C(N)=O)cnn2c1. The third-order valence-electron chi connectivity index (χ3n) is 6.57. The second-order valence-electron chi connectivity index (χ2n) is 9.06. The summed E-state index contributed by atoms with van der Waals surface area (Å²) in [6.45, 7) is 5.96. The van der Waals surface area contributed by atoms with Gasteiger partial charge in [-0.3, -0.25) is 9.59 Å².